The molecule has 4 aromatic rings. The largest absolute Gasteiger partial charge is 0.504 e. The molecule has 0 saturated carbocycles. The highest BCUT2D eigenvalue weighted by Gasteiger charge is 2.11. The Kier molecular flexibility index (Phi) is 4.01. The van der Waals surface area contributed by atoms with Crippen LogP contribution < -0.4 is 4.74 Å². The number of imidazole rings is 1. The van der Waals surface area contributed by atoms with Crippen LogP contribution in [0.5, 0.6) is 11.5 Å². The third kappa shape index (κ3) is 2.97. The Labute approximate surface area is 149 Å². The zero-order valence-electron chi connectivity index (χ0n) is 14.1. The molecule has 130 valence electrons. The fourth-order valence-electron chi connectivity index (χ4n) is 2.85. The minimum Gasteiger partial charge on any atom is -0.504 e. The number of rotatable bonds is 4. The second-order valence-corrected chi connectivity index (χ2v) is 5.93. The van der Waals surface area contributed by atoms with E-state index in [4.69, 9.17) is 4.74 Å². The van der Waals surface area contributed by atoms with E-state index in [-0.39, 0.29) is 11.6 Å². The Morgan fingerprint density at radius 1 is 1.08 bits per heavy atom. The molecule has 26 heavy (non-hydrogen) atoms. The highest BCUT2D eigenvalue weighted by atomic mass is 19.1. The lowest BCUT2D eigenvalue weighted by Gasteiger charge is -2.07. The SMILES string of the molecule is COc1cc(-c2cnc3ccc(Cc4ccc(F)cc4)nn23)ccc1O. The quantitative estimate of drug-likeness (QED) is 0.608. The third-order valence-electron chi connectivity index (χ3n) is 4.19. The second-order valence-electron chi connectivity index (χ2n) is 5.93. The normalized spacial score (nSPS) is 11.0. The summed E-state index contributed by atoms with van der Waals surface area (Å²) in [6.45, 7) is 0. The number of fused-ring (bicyclic) bond motifs is 1. The van der Waals surface area contributed by atoms with Crippen LogP contribution >= 0.6 is 0 Å². The van der Waals surface area contributed by atoms with Crippen LogP contribution in [-0.2, 0) is 6.42 Å². The Hall–Kier alpha value is -3.41. The minimum atomic E-state index is -0.254. The number of nitrogens with zero attached hydrogens (tertiary/aromatic N) is 3. The van der Waals surface area contributed by atoms with E-state index in [9.17, 15) is 9.50 Å². The maximum Gasteiger partial charge on any atom is 0.161 e. The molecule has 2 heterocycles. The van der Waals surface area contributed by atoms with Crippen molar-refractivity contribution in [2.24, 2.45) is 0 Å². The summed E-state index contributed by atoms with van der Waals surface area (Å²) < 4.78 is 20.0. The van der Waals surface area contributed by atoms with Crippen LogP contribution in [0.15, 0.2) is 60.8 Å². The van der Waals surface area contributed by atoms with Crippen LogP contribution in [0, 0.1) is 5.82 Å². The molecule has 0 bridgehead atoms. The molecule has 1 N–H and O–H groups in total. The van der Waals surface area contributed by atoms with Crippen LogP contribution in [0.25, 0.3) is 16.9 Å². The fourth-order valence-corrected chi connectivity index (χ4v) is 2.85. The molecule has 0 spiro atoms. The Bertz CT molecular complexity index is 1070. The zero-order valence-corrected chi connectivity index (χ0v) is 14.1. The first-order valence-electron chi connectivity index (χ1n) is 8.09. The van der Waals surface area contributed by atoms with Crippen molar-refractivity contribution in [2.45, 2.75) is 6.42 Å². The molecular weight excluding hydrogens is 333 g/mol. The molecule has 0 aliphatic carbocycles. The van der Waals surface area contributed by atoms with Gasteiger partial charge in [0.1, 0.15) is 5.82 Å². The second kappa shape index (κ2) is 6.48. The number of hydrogen-bond acceptors (Lipinski definition) is 4. The van der Waals surface area contributed by atoms with Gasteiger partial charge in [0.15, 0.2) is 17.1 Å². The van der Waals surface area contributed by atoms with Gasteiger partial charge in [0.05, 0.1) is 24.7 Å². The minimum absolute atomic E-state index is 0.0787. The molecule has 0 aliphatic rings. The van der Waals surface area contributed by atoms with E-state index in [1.54, 1.807) is 41.0 Å². The first-order valence-corrected chi connectivity index (χ1v) is 8.09. The number of phenols is 1. The summed E-state index contributed by atoms with van der Waals surface area (Å²) in [4.78, 5) is 4.38. The van der Waals surface area contributed by atoms with E-state index in [1.165, 1.54) is 19.2 Å². The van der Waals surface area contributed by atoms with Gasteiger partial charge in [-0.3, -0.25) is 0 Å². The summed E-state index contributed by atoms with van der Waals surface area (Å²) in [7, 11) is 1.51. The molecule has 0 aliphatic heterocycles. The lowest BCUT2D eigenvalue weighted by molar-refractivity contribution is 0.373. The van der Waals surface area contributed by atoms with Gasteiger partial charge in [-0.2, -0.15) is 5.10 Å². The van der Waals surface area contributed by atoms with Gasteiger partial charge >= 0.3 is 0 Å². The average molecular weight is 349 g/mol. The number of phenolic OH excluding ortho intramolecular Hbond substituents is 1. The van der Waals surface area contributed by atoms with Crippen LogP contribution in [0.4, 0.5) is 4.39 Å². The lowest BCUT2D eigenvalue weighted by Crippen LogP contribution is -2.00. The van der Waals surface area contributed by atoms with Crippen molar-refractivity contribution in [1.82, 2.24) is 14.6 Å². The maximum absolute atomic E-state index is 13.1. The van der Waals surface area contributed by atoms with Gasteiger partial charge in [0.2, 0.25) is 0 Å². The van der Waals surface area contributed by atoms with Crippen molar-refractivity contribution in [3.63, 3.8) is 0 Å². The third-order valence-corrected chi connectivity index (χ3v) is 4.19. The molecule has 5 nitrogen and oxygen atoms in total. The van der Waals surface area contributed by atoms with E-state index in [0.717, 1.165) is 28.2 Å². The number of methoxy groups -OCH3 is 1. The van der Waals surface area contributed by atoms with E-state index in [0.29, 0.717) is 12.2 Å². The van der Waals surface area contributed by atoms with E-state index in [1.807, 2.05) is 12.1 Å². The molecular formula is C20H16FN3O2. The van der Waals surface area contributed by atoms with Gasteiger partial charge in [0, 0.05) is 12.0 Å². The van der Waals surface area contributed by atoms with E-state index < -0.39 is 0 Å². The molecule has 2 aromatic carbocycles. The molecule has 0 amide bonds. The topological polar surface area (TPSA) is 59.7 Å². The van der Waals surface area contributed by atoms with Crippen molar-refractivity contribution in [3.05, 3.63) is 77.9 Å². The fraction of sp³-hybridized carbons (Fsp3) is 0.100. The predicted molar refractivity (Wildman–Crippen MR) is 95.8 cm³/mol. The maximum atomic E-state index is 13.1. The van der Waals surface area contributed by atoms with Gasteiger partial charge < -0.3 is 9.84 Å². The van der Waals surface area contributed by atoms with Gasteiger partial charge in [-0.25, -0.2) is 13.9 Å². The summed E-state index contributed by atoms with van der Waals surface area (Å²) in [6, 6.07) is 15.3. The summed E-state index contributed by atoms with van der Waals surface area (Å²) in [5.74, 6) is 0.213. The van der Waals surface area contributed by atoms with Gasteiger partial charge in [-0.1, -0.05) is 12.1 Å². The number of hydrogen-bond donors (Lipinski definition) is 1. The molecule has 0 unspecified atom stereocenters. The van der Waals surface area contributed by atoms with Crippen molar-refractivity contribution in [3.8, 4) is 22.8 Å². The highest BCUT2D eigenvalue weighted by Crippen LogP contribution is 2.31. The van der Waals surface area contributed by atoms with Crippen molar-refractivity contribution in [2.75, 3.05) is 7.11 Å². The predicted octanol–water partition coefficient (Wildman–Crippen LogP) is 3.84. The average Bonchev–Trinajstić information content (AvgIpc) is 3.07. The summed E-state index contributed by atoms with van der Waals surface area (Å²) in [5, 5.41) is 14.4. The number of halogens is 1. The lowest BCUT2D eigenvalue weighted by atomic mass is 10.1. The standard InChI is InChI=1S/C20H16FN3O2/c1-26-19-11-14(4-8-18(19)25)17-12-22-20-9-7-16(23-24(17)20)10-13-2-5-15(21)6-3-13/h2-9,11-12,25H,10H2,1H3. The monoisotopic (exact) mass is 349 g/mol. The van der Waals surface area contributed by atoms with Crippen LogP contribution in [-0.4, -0.2) is 26.8 Å². The summed E-state index contributed by atoms with van der Waals surface area (Å²) in [6.07, 6.45) is 2.32. The molecule has 0 fully saturated rings. The first kappa shape index (κ1) is 16.1. The van der Waals surface area contributed by atoms with Crippen LogP contribution in [0.2, 0.25) is 0 Å². The number of aromatic nitrogens is 3. The first-order chi connectivity index (χ1) is 12.6. The van der Waals surface area contributed by atoms with Gasteiger partial charge in [0.25, 0.3) is 0 Å². The van der Waals surface area contributed by atoms with Crippen LogP contribution in [0.3, 0.4) is 0 Å². The molecule has 4 rings (SSSR count). The molecule has 6 heteroatoms. The van der Waals surface area contributed by atoms with Crippen molar-refractivity contribution in [1.29, 1.82) is 0 Å². The summed E-state index contributed by atoms with van der Waals surface area (Å²) in [5.41, 5.74) is 4.16. The summed E-state index contributed by atoms with van der Waals surface area (Å²) >= 11 is 0. The Morgan fingerprint density at radius 3 is 2.65 bits per heavy atom. The Morgan fingerprint density at radius 2 is 1.88 bits per heavy atom. The molecule has 0 atom stereocenters. The van der Waals surface area contributed by atoms with E-state index in [2.05, 4.69) is 10.1 Å². The molecule has 0 radical (unpaired) electrons. The zero-order chi connectivity index (χ0) is 18.1. The van der Waals surface area contributed by atoms with Gasteiger partial charge in [-0.15, -0.1) is 0 Å². The van der Waals surface area contributed by atoms with Gasteiger partial charge in [-0.05, 0) is 48.0 Å². The number of ether oxygens (including phenoxy) is 1. The number of aromatic hydroxyl groups is 1. The highest BCUT2D eigenvalue weighted by molar-refractivity contribution is 5.66. The van der Waals surface area contributed by atoms with Crippen LogP contribution in [0.1, 0.15) is 11.3 Å². The Balaban J connectivity index is 1.74. The number of benzene rings is 2. The van der Waals surface area contributed by atoms with E-state index >= 15 is 0 Å². The smallest absolute Gasteiger partial charge is 0.161 e. The molecule has 0 saturated heterocycles. The molecule has 2 aromatic heterocycles. The van der Waals surface area contributed by atoms with Crippen molar-refractivity contribution < 1.29 is 14.2 Å². The van der Waals surface area contributed by atoms with Crippen molar-refractivity contribution >= 4 is 5.65 Å².